The predicted molar refractivity (Wildman–Crippen MR) is 94.9 cm³/mol. The van der Waals surface area contributed by atoms with Gasteiger partial charge in [0.2, 0.25) is 5.91 Å². The second-order valence-electron chi connectivity index (χ2n) is 6.54. The Kier molecular flexibility index (Phi) is 7.68. The molecule has 1 saturated heterocycles. The van der Waals surface area contributed by atoms with E-state index in [1.807, 2.05) is 30.2 Å². The second-order valence-corrected chi connectivity index (χ2v) is 7.57. The monoisotopic (exact) mass is 353 g/mol. The Morgan fingerprint density at radius 2 is 2.29 bits per heavy atom. The molecule has 1 aliphatic heterocycles. The third-order valence-corrected chi connectivity index (χ3v) is 4.60. The smallest absolute Gasteiger partial charge is 0.321 e. The van der Waals surface area contributed by atoms with Crippen LogP contribution in [0.15, 0.2) is 17.5 Å². The molecule has 7 heteroatoms. The van der Waals surface area contributed by atoms with Crippen molar-refractivity contribution in [3.05, 3.63) is 22.4 Å². The summed E-state index contributed by atoms with van der Waals surface area (Å²) in [6, 6.07) is 3.63. The second kappa shape index (κ2) is 9.76. The van der Waals surface area contributed by atoms with E-state index in [4.69, 9.17) is 4.74 Å². The van der Waals surface area contributed by atoms with Crippen molar-refractivity contribution in [3.8, 4) is 0 Å². The number of urea groups is 1. The average molecular weight is 353 g/mol. The van der Waals surface area contributed by atoms with Gasteiger partial charge in [-0.2, -0.15) is 0 Å². The van der Waals surface area contributed by atoms with Gasteiger partial charge in [0, 0.05) is 31.1 Å². The Morgan fingerprint density at radius 1 is 1.46 bits per heavy atom. The molecule has 1 fully saturated rings. The van der Waals surface area contributed by atoms with Crippen LogP contribution < -0.4 is 10.6 Å². The number of nitrogens with one attached hydrogen (secondary N) is 2. The van der Waals surface area contributed by atoms with Gasteiger partial charge in [0.15, 0.2) is 0 Å². The zero-order chi connectivity index (χ0) is 17.4. The topological polar surface area (TPSA) is 70.7 Å². The van der Waals surface area contributed by atoms with Crippen LogP contribution in [0.4, 0.5) is 4.79 Å². The molecule has 1 unspecified atom stereocenters. The standard InChI is InChI=1S/C17H27N3O3S/c1-13(2)9-18-17(22)19-16(21)12-20(10-14-5-3-7-23-14)11-15-6-4-8-24-15/h4,6,8,13-14H,3,5,7,9-12H2,1-2H3,(H2,18,19,21,22). The zero-order valence-corrected chi connectivity index (χ0v) is 15.2. The molecule has 1 atom stereocenters. The van der Waals surface area contributed by atoms with Gasteiger partial charge in [-0.3, -0.25) is 15.0 Å². The summed E-state index contributed by atoms with van der Waals surface area (Å²) in [7, 11) is 0. The molecule has 1 aliphatic rings. The van der Waals surface area contributed by atoms with E-state index in [9.17, 15) is 9.59 Å². The molecule has 0 aromatic carbocycles. The number of nitrogens with zero attached hydrogens (tertiary/aromatic N) is 1. The van der Waals surface area contributed by atoms with Gasteiger partial charge < -0.3 is 10.1 Å². The number of ether oxygens (including phenoxy) is 1. The summed E-state index contributed by atoms with van der Waals surface area (Å²) in [6.45, 7) is 6.94. The molecule has 2 rings (SSSR count). The van der Waals surface area contributed by atoms with Crippen LogP contribution in [-0.2, 0) is 16.1 Å². The number of hydrogen-bond donors (Lipinski definition) is 2. The van der Waals surface area contributed by atoms with Crippen molar-refractivity contribution < 1.29 is 14.3 Å². The number of carbonyl (C=O) groups is 2. The summed E-state index contributed by atoms with van der Waals surface area (Å²) in [6.07, 6.45) is 2.27. The van der Waals surface area contributed by atoms with Crippen LogP contribution in [0.2, 0.25) is 0 Å². The normalized spacial score (nSPS) is 17.4. The van der Waals surface area contributed by atoms with Gasteiger partial charge in [-0.1, -0.05) is 19.9 Å². The van der Waals surface area contributed by atoms with Crippen molar-refractivity contribution in [2.45, 2.75) is 39.3 Å². The Morgan fingerprint density at radius 3 is 2.92 bits per heavy atom. The highest BCUT2D eigenvalue weighted by Crippen LogP contribution is 2.16. The van der Waals surface area contributed by atoms with Crippen molar-refractivity contribution >= 4 is 23.3 Å². The third-order valence-electron chi connectivity index (χ3n) is 3.74. The fraction of sp³-hybridized carbons (Fsp3) is 0.647. The first kappa shape index (κ1) is 18.9. The van der Waals surface area contributed by atoms with Crippen LogP contribution >= 0.6 is 11.3 Å². The molecular formula is C17H27N3O3S. The number of hydrogen-bond acceptors (Lipinski definition) is 5. The zero-order valence-electron chi connectivity index (χ0n) is 14.4. The van der Waals surface area contributed by atoms with Crippen LogP contribution in [0.1, 0.15) is 31.6 Å². The molecule has 24 heavy (non-hydrogen) atoms. The Hall–Kier alpha value is -1.44. The summed E-state index contributed by atoms with van der Waals surface area (Å²) >= 11 is 1.67. The maximum atomic E-state index is 12.2. The number of amides is 3. The average Bonchev–Trinajstić information content (AvgIpc) is 3.18. The van der Waals surface area contributed by atoms with Crippen LogP contribution in [0, 0.1) is 5.92 Å². The lowest BCUT2D eigenvalue weighted by Gasteiger charge is -2.24. The Balaban J connectivity index is 1.83. The van der Waals surface area contributed by atoms with Gasteiger partial charge in [-0.05, 0) is 30.2 Å². The van der Waals surface area contributed by atoms with Crippen LogP contribution in [0.5, 0.6) is 0 Å². The Bertz CT molecular complexity index is 513. The minimum Gasteiger partial charge on any atom is -0.377 e. The molecule has 0 radical (unpaired) electrons. The molecule has 2 N–H and O–H groups in total. The number of imide groups is 1. The molecule has 6 nitrogen and oxygen atoms in total. The summed E-state index contributed by atoms with van der Waals surface area (Å²) in [5.74, 6) is 0.0616. The SMILES string of the molecule is CC(C)CNC(=O)NC(=O)CN(Cc1cccs1)CC1CCCO1. The fourth-order valence-electron chi connectivity index (χ4n) is 2.59. The van der Waals surface area contributed by atoms with Gasteiger partial charge in [0.05, 0.1) is 12.6 Å². The summed E-state index contributed by atoms with van der Waals surface area (Å²) in [5.41, 5.74) is 0. The maximum Gasteiger partial charge on any atom is 0.321 e. The summed E-state index contributed by atoms with van der Waals surface area (Å²) in [4.78, 5) is 27.1. The van der Waals surface area contributed by atoms with E-state index in [2.05, 4.69) is 16.7 Å². The fourth-order valence-corrected chi connectivity index (χ4v) is 3.34. The summed E-state index contributed by atoms with van der Waals surface area (Å²) in [5, 5.41) is 7.12. The van der Waals surface area contributed by atoms with E-state index in [0.717, 1.165) is 19.4 Å². The molecule has 1 aromatic rings. The van der Waals surface area contributed by atoms with Crippen molar-refractivity contribution in [1.29, 1.82) is 0 Å². The molecule has 0 bridgehead atoms. The van der Waals surface area contributed by atoms with E-state index < -0.39 is 6.03 Å². The van der Waals surface area contributed by atoms with E-state index in [1.54, 1.807) is 11.3 Å². The van der Waals surface area contributed by atoms with Gasteiger partial charge in [0.1, 0.15) is 0 Å². The van der Waals surface area contributed by atoms with Crippen molar-refractivity contribution in [1.82, 2.24) is 15.5 Å². The van der Waals surface area contributed by atoms with E-state index in [-0.39, 0.29) is 18.6 Å². The summed E-state index contributed by atoms with van der Waals surface area (Å²) < 4.78 is 5.68. The number of rotatable bonds is 8. The van der Waals surface area contributed by atoms with Gasteiger partial charge in [-0.15, -0.1) is 11.3 Å². The minimum atomic E-state index is -0.429. The van der Waals surface area contributed by atoms with Crippen molar-refractivity contribution in [3.63, 3.8) is 0 Å². The first-order chi connectivity index (χ1) is 11.5. The van der Waals surface area contributed by atoms with Gasteiger partial charge >= 0.3 is 6.03 Å². The quantitative estimate of drug-likeness (QED) is 0.752. The molecular weight excluding hydrogens is 326 g/mol. The predicted octanol–water partition coefficient (Wildman–Crippen LogP) is 2.21. The molecule has 0 spiro atoms. The molecule has 2 heterocycles. The van der Waals surface area contributed by atoms with Crippen molar-refractivity contribution in [2.75, 3.05) is 26.2 Å². The van der Waals surface area contributed by atoms with Gasteiger partial charge in [0.25, 0.3) is 0 Å². The van der Waals surface area contributed by atoms with Crippen LogP contribution in [0.25, 0.3) is 0 Å². The van der Waals surface area contributed by atoms with E-state index in [0.29, 0.717) is 25.6 Å². The van der Waals surface area contributed by atoms with Gasteiger partial charge in [-0.25, -0.2) is 4.79 Å². The largest absolute Gasteiger partial charge is 0.377 e. The first-order valence-corrected chi connectivity index (χ1v) is 9.35. The molecule has 0 aliphatic carbocycles. The lowest BCUT2D eigenvalue weighted by molar-refractivity contribution is -0.121. The lowest BCUT2D eigenvalue weighted by atomic mass is 10.2. The highest BCUT2D eigenvalue weighted by Gasteiger charge is 2.22. The highest BCUT2D eigenvalue weighted by atomic mass is 32.1. The van der Waals surface area contributed by atoms with Crippen LogP contribution in [-0.4, -0.2) is 49.2 Å². The van der Waals surface area contributed by atoms with E-state index in [1.165, 1.54) is 4.88 Å². The maximum absolute atomic E-state index is 12.2. The highest BCUT2D eigenvalue weighted by molar-refractivity contribution is 7.09. The molecule has 134 valence electrons. The molecule has 0 saturated carbocycles. The number of carbonyl (C=O) groups excluding carboxylic acids is 2. The minimum absolute atomic E-state index is 0.174. The van der Waals surface area contributed by atoms with Crippen molar-refractivity contribution in [2.24, 2.45) is 5.92 Å². The van der Waals surface area contributed by atoms with E-state index >= 15 is 0 Å². The first-order valence-electron chi connectivity index (χ1n) is 8.47. The van der Waals surface area contributed by atoms with Crippen LogP contribution in [0.3, 0.4) is 0 Å². The molecule has 3 amide bonds. The Labute approximate surface area is 147 Å². The lowest BCUT2D eigenvalue weighted by Crippen LogP contribution is -2.46. The molecule has 1 aromatic heterocycles. The third kappa shape index (κ3) is 6.98. The number of thiophene rings is 1.